The fourth-order valence-electron chi connectivity index (χ4n) is 1.58. The van der Waals surface area contributed by atoms with Crippen LogP contribution in [-0.2, 0) is 21.3 Å². The van der Waals surface area contributed by atoms with Crippen molar-refractivity contribution < 1.29 is 14.3 Å². The Morgan fingerprint density at radius 1 is 1.39 bits per heavy atom. The molecular weight excluding hydrogens is 240 g/mol. The molecule has 0 aliphatic carbocycles. The molecule has 0 saturated heterocycles. The van der Waals surface area contributed by atoms with Crippen molar-refractivity contribution in [2.75, 3.05) is 20.8 Å². The van der Waals surface area contributed by atoms with E-state index in [1.165, 1.54) is 31.9 Å². The Bertz CT molecular complexity index is 558. The lowest BCUT2D eigenvalue weighted by atomic mass is 10.3. The average molecular weight is 256 g/mol. The molecule has 0 N–H and O–H groups in total. The summed E-state index contributed by atoms with van der Waals surface area (Å²) in [6.45, 7) is 1.53. The Labute approximate surface area is 104 Å². The van der Waals surface area contributed by atoms with Gasteiger partial charge in [-0.2, -0.15) is 0 Å². The molecule has 100 valence electrons. The molecule has 0 amide bonds. The van der Waals surface area contributed by atoms with Gasteiger partial charge in [0, 0.05) is 25.9 Å². The lowest BCUT2D eigenvalue weighted by Crippen LogP contribution is -2.45. The monoisotopic (exact) mass is 256 g/mol. The maximum absolute atomic E-state index is 12.0. The molecule has 18 heavy (non-hydrogen) atoms. The second kappa shape index (κ2) is 5.63. The molecule has 0 aliphatic rings. The number of aromatic nitrogens is 2. The smallest absolute Gasteiger partial charge is 0.331 e. The van der Waals surface area contributed by atoms with Crippen LogP contribution in [0.5, 0.6) is 0 Å². The maximum atomic E-state index is 12.0. The van der Waals surface area contributed by atoms with Crippen LogP contribution < -0.4 is 11.2 Å². The molecule has 0 spiro atoms. The van der Waals surface area contributed by atoms with E-state index in [4.69, 9.17) is 4.74 Å². The van der Waals surface area contributed by atoms with Crippen molar-refractivity contribution in [1.29, 1.82) is 0 Å². The van der Waals surface area contributed by atoms with Gasteiger partial charge >= 0.3 is 11.7 Å². The van der Waals surface area contributed by atoms with Crippen LogP contribution in [0.3, 0.4) is 0 Å². The molecular formula is C11H16N2O5. The highest BCUT2D eigenvalue weighted by atomic mass is 16.5. The van der Waals surface area contributed by atoms with Crippen LogP contribution in [-0.4, -0.2) is 35.9 Å². The van der Waals surface area contributed by atoms with Crippen LogP contribution in [0.15, 0.2) is 15.7 Å². The molecule has 0 aliphatic heterocycles. The van der Waals surface area contributed by atoms with Crippen molar-refractivity contribution in [3.8, 4) is 0 Å². The zero-order chi connectivity index (χ0) is 13.9. The average Bonchev–Trinajstić information content (AvgIpc) is 2.34. The third-order valence-corrected chi connectivity index (χ3v) is 2.70. The van der Waals surface area contributed by atoms with Crippen molar-refractivity contribution in [3.05, 3.63) is 32.6 Å². The summed E-state index contributed by atoms with van der Waals surface area (Å²) < 4.78 is 11.5. The van der Waals surface area contributed by atoms with Gasteiger partial charge in [-0.25, -0.2) is 14.2 Å². The first kappa shape index (κ1) is 14.2. The van der Waals surface area contributed by atoms with Crippen molar-refractivity contribution >= 4 is 5.97 Å². The standard InChI is InChI=1S/C11H16N2O5/c1-7-5-9(14)13(11(16)12(7)2)8(6-17-3)10(15)18-4/h5,8H,6H2,1-4H3. The number of esters is 1. The fraction of sp³-hybridized carbons (Fsp3) is 0.545. The Morgan fingerprint density at radius 3 is 2.50 bits per heavy atom. The van der Waals surface area contributed by atoms with Gasteiger partial charge in [-0.15, -0.1) is 0 Å². The van der Waals surface area contributed by atoms with Gasteiger partial charge in [0.2, 0.25) is 0 Å². The van der Waals surface area contributed by atoms with Crippen LogP contribution in [0, 0.1) is 6.92 Å². The number of hydrogen-bond acceptors (Lipinski definition) is 5. The molecule has 0 fully saturated rings. The van der Waals surface area contributed by atoms with E-state index in [0.29, 0.717) is 5.69 Å². The highest BCUT2D eigenvalue weighted by molar-refractivity contribution is 5.74. The summed E-state index contributed by atoms with van der Waals surface area (Å²) in [5.41, 5.74) is -0.613. The SMILES string of the molecule is COCC(C(=O)OC)n1c(=O)cc(C)n(C)c1=O. The van der Waals surface area contributed by atoms with Gasteiger partial charge in [0.05, 0.1) is 13.7 Å². The summed E-state index contributed by atoms with van der Waals surface area (Å²) >= 11 is 0. The van der Waals surface area contributed by atoms with Crippen molar-refractivity contribution in [1.82, 2.24) is 9.13 Å². The summed E-state index contributed by atoms with van der Waals surface area (Å²) in [5, 5.41) is 0. The molecule has 1 rings (SSSR count). The minimum atomic E-state index is -1.08. The topological polar surface area (TPSA) is 79.5 Å². The molecule has 0 saturated carbocycles. The molecule has 1 aromatic rings. The largest absolute Gasteiger partial charge is 0.467 e. The third-order valence-electron chi connectivity index (χ3n) is 2.70. The predicted octanol–water partition coefficient (Wildman–Crippen LogP) is -0.784. The number of hydrogen-bond donors (Lipinski definition) is 0. The van der Waals surface area contributed by atoms with Crippen molar-refractivity contribution in [2.45, 2.75) is 13.0 Å². The number of methoxy groups -OCH3 is 2. The molecule has 1 unspecified atom stereocenters. The van der Waals surface area contributed by atoms with Crippen LogP contribution in [0.4, 0.5) is 0 Å². The number of nitrogens with zero attached hydrogens (tertiary/aromatic N) is 2. The Kier molecular flexibility index (Phi) is 4.43. The maximum Gasteiger partial charge on any atom is 0.331 e. The number of ether oxygens (including phenoxy) is 2. The number of carbonyl (C=O) groups excluding carboxylic acids is 1. The molecule has 1 aromatic heterocycles. The van der Waals surface area contributed by atoms with Gasteiger partial charge in [-0.1, -0.05) is 0 Å². The first-order chi connectivity index (χ1) is 8.43. The highest BCUT2D eigenvalue weighted by Gasteiger charge is 2.25. The van der Waals surface area contributed by atoms with Crippen molar-refractivity contribution in [2.24, 2.45) is 7.05 Å². The van der Waals surface area contributed by atoms with E-state index in [1.54, 1.807) is 6.92 Å². The molecule has 0 aromatic carbocycles. The minimum Gasteiger partial charge on any atom is -0.467 e. The lowest BCUT2D eigenvalue weighted by molar-refractivity contribution is -0.146. The number of carbonyl (C=O) groups is 1. The van der Waals surface area contributed by atoms with Crippen LogP contribution in [0.25, 0.3) is 0 Å². The normalized spacial score (nSPS) is 12.2. The van der Waals surface area contributed by atoms with E-state index >= 15 is 0 Å². The first-order valence-corrected chi connectivity index (χ1v) is 5.30. The predicted molar refractivity (Wildman–Crippen MR) is 63.6 cm³/mol. The fourth-order valence-corrected chi connectivity index (χ4v) is 1.58. The van der Waals surface area contributed by atoms with Gasteiger partial charge in [-0.05, 0) is 6.92 Å². The Hall–Kier alpha value is -1.89. The van der Waals surface area contributed by atoms with Gasteiger partial charge in [0.15, 0.2) is 6.04 Å². The Balaban J connectivity index is 3.47. The van der Waals surface area contributed by atoms with E-state index in [2.05, 4.69) is 4.74 Å². The van der Waals surface area contributed by atoms with E-state index in [0.717, 1.165) is 4.57 Å². The zero-order valence-corrected chi connectivity index (χ0v) is 10.8. The van der Waals surface area contributed by atoms with Crippen LogP contribution in [0.2, 0.25) is 0 Å². The van der Waals surface area contributed by atoms with E-state index < -0.39 is 23.3 Å². The van der Waals surface area contributed by atoms with E-state index in [9.17, 15) is 14.4 Å². The van der Waals surface area contributed by atoms with E-state index in [-0.39, 0.29) is 6.61 Å². The van der Waals surface area contributed by atoms with Gasteiger partial charge in [-0.3, -0.25) is 4.79 Å². The minimum absolute atomic E-state index is 0.106. The van der Waals surface area contributed by atoms with Crippen LogP contribution >= 0.6 is 0 Å². The molecule has 7 nitrogen and oxygen atoms in total. The first-order valence-electron chi connectivity index (χ1n) is 5.30. The second-order valence-corrected chi connectivity index (χ2v) is 3.83. The quantitative estimate of drug-likeness (QED) is 0.660. The Morgan fingerprint density at radius 2 is 2.00 bits per heavy atom. The van der Waals surface area contributed by atoms with Crippen molar-refractivity contribution in [3.63, 3.8) is 0 Å². The summed E-state index contributed by atoms with van der Waals surface area (Å²) in [6.07, 6.45) is 0. The molecule has 0 bridgehead atoms. The lowest BCUT2D eigenvalue weighted by Gasteiger charge is -2.17. The highest BCUT2D eigenvalue weighted by Crippen LogP contribution is 2.04. The summed E-state index contributed by atoms with van der Waals surface area (Å²) in [7, 11) is 4.09. The zero-order valence-electron chi connectivity index (χ0n) is 10.8. The summed E-state index contributed by atoms with van der Waals surface area (Å²) in [6, 6.07) is 0.208. The molecule has 1 atom stereocenters. The number of aryl methyl sites for hydroxylation is 1. The third kappa shape index (κ3) is 2.51. The van der Waals surface area contributed by atoms with Gasteiger partial charge < -0.3 is 14.0 Å². The van der Waals surface area contributed by atoms with Gasteiger partial charge in [0.1, 0.15) is 0 Å². The second-order valence-electron chi connectivity index (χ2n) is 3.83. The van der Waals surface area contributed by atoms with Crippen LogP contribution in [0.1, 0.15) is 11.7 Å². The van der Waals surface area contributed by atoms with E-state index in [1.807, 2.05) is 0 Å². The number of rotatable bonds is 4. The molecule has 7 heteroatoms. The molecule has 0 radical (unpaired) electrons. The summed E-state index contributed by atoms with van der Waals surface area (Å²) in [4.78, 5) is 35.4. The summed E-state index contributed by atoms with van der Waals surface area (Å²) in [5.74, 6) is -0.695. The van der Waals surface area contributed by atoms with Gasteiger partial charge in [0.25, 0.3) is 5.56 Å². The molecule has 1 heterocycles.